The topological polar surface area (TPSA) is 119 Å². The standard InChI is InChI=1S/C19H20N2O6/c1-27-17-5-3-2-4-14(17)11-18(22)20-15(12-19(23)24)10-13-6-8-16(9-7-13)21(25)26/h2-9,15H,10-12H2,1H3,(H,20,22)(H,23,24). The number of carbonyl (C=O) groups excluding carboxylic acids is 1. The molecule has 2 aromatic rings. The van der Waals surface area contributed by atoms with E-state index in [2.05, 4.69) is 5.32 Å². The number of para-hydroxylation sites is 1. The summed E-state index contributed by atoms with van der Waals surface area (Å²) < 4.78 is 5.21. The summed E-state index contributed by atoms with van der Waals surface area (Å²) in [6, 6.07) is 12.3. The second-order valence-corrected chi connectivity index (χ2v) is 5.98. The molecule has 0 aromatic heterocycles. The van der Waals surface area contributed by atoms with Gasteiger partial charge in [0, 0.05) is 23.7 Å². The molecule has 0 spiro atoms. The molecule has 0 aliphatic heterocycles. The molecule has 1 amide bonds. The smallest absolute Gasteiger partial charge is 0.305 e. The highest BCUT2D eigenvalue weighted by Crippen LogP contribution is 2.18. The number of carbonyl (C=O) groups is 2. The first-order valence-electron chi connectivity index (χ1n) is 8.25. The van der Waals surface area contributed by atoms with E-state index >= 15 is 0 Å². The average Bonchev–Trinajstić information content (AvgIpc) is 2.62. The quantitative estimate of drug-likeness (QED) is 0.515. The van der Waals surface area contributed by atoms with E-state index < -0.39 is 16.9 Å². The van der Waals surface area contributed by atoms with Gasteiger partial charge in [0.25, 0.3) is 5.69 Å². The van der Waals surface area contributed by atoms with E-state index in [1.165, 1.54) is 19.2 Å². The molecule has 0 radical (unpaired) electrons. The first kappa shape index (κ1) is 19.9. The van der Waals surface area contributed by atoms with Crippen molar-refractivity contribution in [1.82, 2.24) is 5.32 Å². The molecule has 8 heteroatoms. The van der Waals surface area contributed by atoms with Gasteiger partial charge in [-0.1, -0.05) is 30.3 Å². The van der Waals surface area contributed by atoms with Crippen molar-refractivity contribution in [3.63, 3.8) is 0 Å². The number of nitro groups is 1. The Kier molecular flexibility index (Phi) is 6.87. The van der Waals surface area contributed by atoms with E-state index in [1.54, 1.807) is 36.4 Å². The summed E-state index contributed by atoms with van der Waals surface area (Å²) in [5.74, 6) is -0.787. The van der Waals surface area contributed by atoms with E-state index in [4.69, 9.17) is 9.84 Å². The van der Waals surface area contributed by atoms with Crippen LogP contribution in [0.1, 0.15) is 17.5 Å². The molecule has 0 aliphatic rings. The maximum absolute atomic E-state index is 12.4. The van der Waals surface area contributed by atoms with E-state index in [1.807, 2.05) is 0 Å². The van der Waals surface area contributed by atoms with Gasteiger partial charge in [-0.3, -0.25) is 19.7 Å². The molecule has 2 rings (SSSR count). The van der Waals surface area contributed by atoms with Crippen LogP contribution in [-0.4, -0.2) is 35.1 Å². The molecule has 27 heavy (non-hydrogen) atoms. The minimum atomic E-state index is -1.04. The van der Waals surface area contributed by atoms with Crippen LogP contribution in [-0.2, 0) is 22.4 Å². The van der Waals surface area contributed by atoms with Crippen LogP contribution in [0, 0.1) is 10.1 Å². The average molecular weight is 372 g/mol. The maximum Gasteiger partial charge on any atom is 0.305 e. The van der Waals surface area contributed by atoms with Crippen molar-refractivity contribution < 1.29 is 24.4 Å². The number of hydrogen-bond acceptors (Lipinski definition) is 5. The zero-order chi connectivity index (χ0) is 19.8. The number of benzene rings is 2. The fourth-order valence-electron chi connectivity index (χ4n) is 2.72. The number of carboxylic acid groups (broad SMARTS) is 1. The number of methoxy groups -OCH3 is 1. The Morgan fingerprint density at radius 1 is 1.19 bits per heavy atom. The van der Waals surface area contributed by atoms with Crippen LogP contribution >= 0.6 is 0 Å². The first-order valence-corrected chi connectivity index (χ1v) is 8.25. The Morgan fingerprint density at radius 2 is 1.85 bits per heavy atom. The zero-order valence-electron chi connectivity index (χ0n) is 14.8. The first-order chi connectivity index (χ1) is 12.9. The Labute approximate surface area is 155 Å². The lowest BCUT2D eigenvalue weighted by molar-refractivity contribution is -0.384. The van der Waals surface area contributed by atoms with Gasteiger partial charge in [-0.2, -0.15) is 0 Å². The van der Waals surface area contributed by atoms with Crippen LogP contribution in [0.2, 0.25) is 0 Å². The number of nitrogens with one attached hydrogen (secondary N) is 1. The number of nitro benzene ring substituents is 1. The number of amides is 1. The van der Waals surface area contributed by atoms with Gasteiger partial charge in [0.05, 0.1) is 24.9 Å². The molecule has 2 aromatic carbocycles. The summed E-state index contributed by atoms with van der Waals surface area (Å²) in [6.07, 6.45) is 0.0526. The van der Waals surface area contributed by atoms with E-state index in [-0.39, 0.29) is 30.9 Å². The fraction of sp³-hybridized carbons (Fsp3) is 0.263. The second-order valence-electron chi connectivity index (χ2n) is 5.98. The van der Waals surface area contributed by atoms with Crippen LogP contribution in [0.3, 0.4) is 0 Å². The van der Waals surface area contributed by atoms with E-state index in [0.717, 1.165) is 0 Å². The number of hydrogen-bond donors (Lipinski definition) is 2. The number of rotatable bonds is 9. The van der Waals surface area contributed by atoms with Crippen molar-refractivity contribution in [3.8, 4) is 5.75 Å². The molecule has 0 bridgehead atoms. The lowest BCUT2D eigenvalue weighted by Crippen LogP contribution is -2.39. The van der Waals surface area contributed by atoms with Crippen LogP contribution in [0.5, 0.6) is 5.75 Å². The number of carboxylic acids is 1. The lowest BCUT2D eigenvalue weighted by atomic mass is 10.0. The molecule has 1 unspecified atom stereocenters. The Morgan fingerprint density at radius 3 is 2.44 bits per heavy atom. The van der Waals surface area contributed by atoms with Crippen LogP contribution in [0.4, 0.5) is 5.69 Å². The monoisotopic (exact) mass is 372 g/mol. The molecular weight excluding hydrogens is 352 g/mol. The van der Waals surface area contributed by atoms with Gasteiger partial charge in [0.15, 0.2) is 0 Å². The number of nitrogens with zero attached hydrogens (tertiary/aromatic N) is 1. The SMILES string of the molecule is COc1ccccc1CC(=O)NC(CC(=O)O)Cc1ccc([N+](=O)[O-])cc1. The summed E-state index contributed by atoms with van der Waals surface area (Å²) in [4.78, 5) is 33.7. The predicted octanol–water partition coefficient (Wildman–Crippen LogP) is 2.35. The molecular formula is C19H20N2O6. The minimum absolute atomic E-state index is 0.0475. The zero-order valence-corrected chi connectivity index (χ0v) is 14.8. The third kappa shape index (κ3) is 6.10. The maximum atomic E-state index is 12.4. The van der Waals surface area contributed by atoms with Crippen molar-refractivity contribution >= 4 is 17.6 Å². The number of non-ortho nitro benzene ring substituents is 1. The predicted molar refractivity (Wildman–Crippen MR) is 97.7 cm³/mol. The van der Waals surface area contributed by atoms with Crippen molar-refractivity contribution in [2.45, 2.75) is 25.3 Å². The highest BCUT2D eigenvalue weighted by Gasteiger charge is 2.18. The Balaban J connectivity index is 2.05. The molecule has 0 aliphatic carbocycles. The molecule has 142 valence electrons. The number of ether oxygens (including phenoxy) is 1. The van der Waals surface area contributed by atoms with Crippen LogP contribution < -0.4 is 10.1 Å². The second kappa shape index (κ2) is 9.33. The lowest BCUT2D eigenvalue weighted by Gasteiger charge is -2.17. The van der Waals surface area contributed by atoms with Crippen LogP contribution in [0.25, 0.3) is 0 Å². The highest BCUT2D eigenvalue weighted by molar-refractivity contribution is 5.80. The molecule has 0 fully saturated rings. The fourth-order valence-corrected chi connectivity index (χ4v) is 2.72. The molecule has 1 atom stereocenters. The summed E-state index contributed by atoms with van der Waals surface area (Å²) in [7, 11) is 1.51. The van der Waals surface area contributed by atoms with Gasteiger partial charge >= 0.3 is 5.97 Å². The van der Waals surface area contributed by atoms with Crippen molar-refractivity contribution in [3.05, 3.63) is 69.8 Å². The molecule has 2 N–H and O–H groups in total. The van der Waals surface area contributed by atoms with Crippen molar-refractivity contribution in [2.75, 3.05) is 7.11 Å². The summed E-state index contributed by atoms with van der Waals surface area (Å²) >= 11 is 0. The third-order valence-corrected chi connectivity index (χ3v) is 3.96. The summed E-state index contributed by atoms with van der Waals surface area (Å²) in [6.45, 7) is 0. The molecule has 0 heterocycles. The van der Waals surface area contributed by atoms with E-state index in [9.17, 15) is 19.7 Å². The minimum Gasteiger partial charge on any atom is -0.496 e. The van der Waals surface area contributed by atoms with Gasteiger partial charge in [0.1, 0.15) is 5.75 Å². The highest BCUT2D eigenvalue weighted by atomic mass is 16.6. The van der Waals surface area contributed by atoms with Crippen molar-refractivity contribution in [1.29, 1.82) is 0 Å². The molecule has 8 nitrogen and oxygen atoms in total. The van der Waals surface area contributed by atoms with Gasteiger partial charge in [-0.25, -0.2) is 0 Å². The largest absolute Gasteiger partial charge is 0.496 e. The van der Waals surface area contributed by atoms with E-state index in [0.29, 0.717) is 16.9 Å². The summed E-state index contributed by atoms with van der Waals surface area (Å²) in [5.41, 5.74) is 1.35. The van der Waals surface area contributed by atoms with Gasteiger partial charge < -0.3 is 15.2 Å². The third-order valence-electron chi connectivity index (χ3n) is 3.96. The number of aliphatic carboxylic acids is 1. The van der Waals surface area contributed by atoms with Gasteiger partial charge in [-0.15, -0.1) is 0 Å². The van der Waals surface area contributed by atoms with Gasteiger partial charge in [-0.05, 0) is 18.1 Å². The van der Waals surface area contributed by atoms with Gasteiger partial charge in [0.2, 0.25) is 5.91 Å². The normalized spacial score (nSPS) is 11.4. The summed E-state index contributed by atoms with van der Waals surface area (Å²) in [5, 5.41) is 22.5. The van der Waals surface area contributed by atoms with Crippen LogP contribution in [0.15, 0.2) is 48.5 Å². The Bertz CT molecular complexity index is 819. The van der Waals surface area contributed by atoms with Crippen molar-refractivity contribution in [2.24, 2.45) is 0 Å². The molecule has 0 saturated carbocycles. The Hall–Kier alpha value is -3.42. The molecule has 0 saturated heterocycles.